The third-order valence-electron chi connectivity index (χ3n) is 7.05. The standard InChI is InChI=1S/C29H29N3O7S2/c1-5-38-20(33)15-31-27-24(41-29(31)37)21(16-7-11-18(12-8-16)30(3)4)22-23(40-27)26(35)32(25(22)34)19-13-9-17(10-14-19)28(36)39-6-2/h7-14,21-23H,5-6,15H2,1-4H3/t21-,22?,23?/m1/s1. The van der Waals surface area contributed by atoms with Crippen molar-refractivity contribution < 1.29 is 28.7 Å². The molecule has 0 bridgehead atoms. The Morgan fingerprint density at radius 3 is 2.17 bits per heavy atom. The Bertz CT molecular complexity index is 1560. The van der Waals surface area contributed by atoms with Crippen LogP contribution in [0.1, 0.15) is 40.6 Å². The highest BCUT2D eigenvalue weighted by Gasteiger charge is 2.56. The number of rotatable bonds is 8. The number of hydrogen-bond acceptors (Lipinski definition) is 10. The van der Waals surface area contributed by atoms with Crippen molar-refractivity contribution >= 4 is 58.2 Å². The van der Waals surface area contributed by atoms with Crippen LogP contribution < -0.4 is 14.7 Å². The van der Waals surface area contributed by atoms with E-state index in [0.29, 0.717) is 21.2 Å². The molecule has 2 aliphatic rings. The van der Waals surface area contributed by atoms with E-state index in [-0.39, 0.29) is 30.5 Å². The van der Waals surface area contributed by atoms with Crippen LogP contribution in [0.5, 0.6) is 0 Å². The zero-order chi connectivity index (χ0) is 29.4. The van der Waals surface area contributed by atoms with Gasteiger partial charge in [-0.3, -0.25) is 23.7 Å². The lowest BCUT2D eigenvalue weighted by atomic mass is 9.83. The van der Waals surface area contributed by atoms with Gasteiger partial charge < -0.3 is 14.4 Å². The van der Waals surface area contributed by atoms with Crippen molar-refractivity contribution in [2.45, 2.75) is 36.6 Å². The van der Waals surface area contributed by atoms with E-state index in [9.17, 15) is 24.0 Å². The summed E-state index contributed by atoms with van der Waals surface area (Å²) in [5.41, 5.74) is 2.40. The Hall–Kier alpha value is -3.90. The number of aromatic nitrogens is 1. The molecule has 3 aromatic rings. The summed E-state index contributed by atoms with van der Waals surface area (Å²) in [5.74, 6) is -3.20. The minimum absolute atomic E-state index is 0.176. The van der Waals surface area contributed by atoms with Crippen LogP contribution in [-0.4, -0.2) is 60.9 Å². The molecule has 0 N–H and O–H groups in total. The van der Waals surface area contributed by atoms with E-state index in [1.54, 1.807) is 26.0 Å². The molecule has 214 valence electrons. The van der Waals surface area contributed by atoms with Crippen molar-refractivity contribution in [1.29, 1.82) is 0 Å². The summed E-state index contributed by atoms with van der Waals surface area (Å²) >= 11 is 2.12. The van der Waals surface area contributed by atoms with Gasteiger partial charge in [-0.05, 0) is 55.8 Å². The van der Waals surface area contributed by atoms with E-state index in [2.05, 4.69) is 0 Å². The van der Waals surface area contributed by atoms with Gasteiger partial charge in [0.1, 0.15) is 11.8 Å². The number of amides is 2. The van der Waals surface area contributed by atoms with Gasteiger partial charge in [-0.25, -0.2) is 9.69 Å². The summed E-state index contributed by atoms with van der Waals surface area (Å²) in [6.45, 7) is 3.52. The second-order valence-electron chi connectivity index (χ2n) is 9.74. The first-order valence-electron chi connectivity index (χ1n) is 13.1. The minimum Gasteiger partial charge on any atom is -0.465 e. The molecular weight excluding hydrogens is 566 g/mol. The number of carbonyl (C=O) groups is 4. The van der Waals surface area contributed by atoms with Gasteiger partial charge in [0.05, 0.1) is 35.4 Å². The molecule has 2 aliphatic heterocycles. The number of ether oxygens (including phenoxy) is 2. The van der Waals surface area contributed by atoms with Gasteiger partial charge in [0, 0.05) is 30.6 Å². The maximum Gasteiger partial charge on any atom is 0.338 e. The molecule has 1 fully saturated rings. The molecule has 2 unspecified atom stereocenters. The zero-order valence-corrected chi connectivity index (χ0v) is 24.6. The maximum atomic E-state index is 14.0. The van der Waals surface area contributed by atoms with Gasteiger partial charge >= 0.3 is 16.8 Å². The number of thiazole rings is 1. The van der Waals surface area contributed by atoms with Gasteiger partial charge in [-0.2, -0.15) is 0 Å². The van der Waals surface area contributed by atoms with Crippen LogP contribution >= 0.6 is 23.1 Å². The van der Waals surface area contributed by atoms with Crippen LogP contribution in [0.3, 0.4) is 0 Å². The van der Waals surface area contributed by atoms with Crippen LogP contribution in [0.25, 0.3) is 0 Å². The summed E-state index contributed by atoms with van der Waals surface area (Å²) in [7, 11) is 3.85. The summed E-state index contributed by atoms with van der Waals surface area (Å²) in [5, 5.41) is -0.322. The van der Waals surface area contributed by atoms with Crippen LogP contribution in [0, 0.1) is 5.92 Å². The summed E-state index contributed by atoms with van der Waals surface area (Å²) < 4.78 is 11.5. The van der Waals surface area contributed by atoms with Crippen molar-refractivity contribution in [3.8, 4) is 0 Å². The maximum absolute atomic E-state index is 14.0. The Kier molecular flexibility index (Phi) is 8.05. The second-order valence-corrected chi connectivity index (χ2v) is 11.9. The average molecular weight is 596 g/mol. The third kappa shape index (κ3) is 5.17. The number of carbonyl (C=O) groups excluding carboxylic acids is 4. The first-order valence-corrected chi connectivity index (χ1v) is 14.8. The summed E-state index contributed by atoms with van der Waals surface area (Å²) in [6.07, 6.45) is 0. The molecule has 5 rings (SSSR count). The number of anilines is 2. The van der Waals surface area contributed by atoms with Crippen molar-refractivity contribution in [1.82, 2.24) is 4.57 Å². The Morgan fingerprint density at radius 1 is 0.902 bits per heavy atom. The fraction of sp³-hybridized carbons (Fsp3) is 0.345. The number of nitrogens with zero attached hydrogens (tertiary/aromatic N) is 3. The van der Waals surface area contributed by atoms with E-state index >= 15 is 0 Å². The molecule has 0 saturated carbocycles. The molecule has 1 saturated heterocycles. The lowest BCUT2D eigenvalue weighted by Crippen LogP contribution is -2.32. The SMILES string of the molecule is CCOC(=O)Cn1c2c(sc1=O)[C@H](c1ccc(N(C)C)cc1)C1C(=O)N(c3ccc(C(=O)OCC)cc3)C(=O)C1S2. The highest BCUT2D eigenvalue weighted by Crippen LogP contribution is 2.54. The molecule has 0 radical (unpaired) electrons. The van der Waals surface area contributed by atoms with Gasteiger partial charge in [0.2, 0.25) is 11.8 Å². The van der Waals surface area contributed by atoms with Crippen molar-refractivity contribution in [2.75, 3.05) is 37.1 Å². The van der Waals surface area contributed by atoms with Gasteiger partial charge in [-0.1, -0.05) is 35.2 Å². The van der Waals surface area contributed by atoms with Crippen LogP contribution in [0.2, 0.25) is 0 Å². The van der Waals surface area contributed by atoms with Crippen molar-refractivity contribution in [3.63, 3.8) is 0 Å². The molecule has 3 heterocycles. The summed E-state index contributed by atoms with van der Waals surface area (Å²) in [4.78, 5) is 68.9. The van der Waals surface area contributed by atoms with Crippen LogP contribution in [0.15, 0.2) is 58.4 Å². The van der Waals surface area contributed by atoms with Gasteiger partial charge in [-0.15, -0.1) is 0 Å². The Balaban J connectivity index is 1.58. The number of esters is 2. The molecule has 10 nitrogen and oxygen atoms in total. The predicted octanol–water partition coefficient (Wildman–Crippen LogP) is 3.51. The fourth-order valence-electron chi connectivity index (χ4n) is 5.15. The first kappa shape index (κ1) is 28.6. The molecule has 3 atom stereocenters. The molecule has 0 spiro atoms. The highest BCUT2D eigenvalue weighted by molar-refractivity contribution is 8.00. The zero-order valence-electron chi connectivity index (χ0n) is 23.0. The molecule has 12 heteroatoms. The molecule has 0 aliphatic carbocycles. The van der Waals surface area contributed by atoms with Gasteiger partial charge in [0.15, 0.2) is 0 Å². The second kappa shape index (κ2) is 11.5. The number of hydrogen-bond donors (Lipinski definition) is 0. The normalized spacial score (nSPS) is 19.5. The quantitative estimate of drug-likeness (QED) is 0.285. The summed E-state index contributed by atoms with van der Waals surface area (Å²) in [6, 6.07) is 13.8. The Morgan fingerprint density at radius 2 is 1.56 bits per heavy atom. The van der Waals surface area contributed by atoms with Crippen molar-refractivity contribution in [2.24, 2.45) is 5.92 Å². The lowest BCUT2D eigenvalue weighted by Gasteiger charge is -2.31. The lowest BCUT2D eigenvalue weighted by molar-refractivity contribution is -0.144. The predicted molar refractivity (Wildman–Crippen MR) is 156 cm³/mol. The fourth-order valence-corrected chi connectivity index (χ4v) is 7.92. The molecular formula is C29H29N3O7S2. The number of fused-ring (bicyclic) bond motifs is 2. The largest absolute Gasteiger partial charge is 0.465 e. The van der Waals surface area contributed by atoms with Crippen LogP contribution in [0.4, 0.5) is 11.4 Å². The van der Waals surface area contributed by atoms with Crippen LogP contribution in [-0.2, 0) is 30.4 Å². The average Bonchev–Trinajstić information content (AvgIpc) is 3.39. The smallest absolute Gasteiger partial charge is 0.338 e. The Labute approximate surface area is 244 Å². The number of imide groups is 1. The highest BCUT2D eigenvalue weighted by atomic mass is 32.2. The minimum atomic E-state index is -0.819. The molecule has 2 amide bonds. The number of benzene rings is 2. The molecule has 41 heavy (non-hydrogen) atoms. The molecule has 1 aromatic heterocycles. The van der Waals surface area contributed by atoms with E-state index in [0.717, 1.165) is 39.2 Å². The topological polar surface area (TPSA) is 115 Å². The van der Waals surface area contributed by atoms with E-state index in [4.69, 9.17) is 9.47 Å². The van der Waals surface area contributed by atoms with E-state index in [1.807, 2.05) is 43.3 Å². The van der Waals surface area contributed by atoms with Gasteiger partial charge in [0.25, 0.3) is 0 Å². The molecule has 2 aromatic carbocycles. The third-order valence-corrected chi connectivity index (χ3v) is 9.65. The van der Waals surface area contributed by atoms with Crippen molar-refractivity contribution in [3.05, 3.63) is 74.2 Å². The number of thioether (sulfide) groups is 1. The monoisotopic (exact) mass is 595 g/mol. The first-order chi connectivity index (χ1) is 19.7. The van der Waals surface area contributed by atoms with E-state index in [1.165, 1.54) is 16.7 Å². The van der Waals surface area contributed by atoms with E-state index < -0.39 is 34.9 Å².